The molecular weight excluding hydrogens is 468 g/mol. The molecule has 5 rings (SSSR count). The summed E-state index contributed by atoms with van der Waals surface area (Å²) in [5.74, 6) is 2.47. The highest BCUT2D eigenvalue weighted by Gasteiger charge is 2.26. The van der Waals surface area contributed by atoms with Gasteiger partial charge in [0.15, 0.2) is 11.5 Å². The van der Waals surface area contributed by atoms with Gasteiger partial charge in [-0.2, -0.15) is 0 Å². The molecule has 7 nitrogen and oxygen atoms in total. The number of hydrogen-bond acceptors (Lipinski definition) is 5. The Labute approximate surface area is 216 Å². The van der Waals surface area contributed by atoms with E-state index in [1.165, 1.54) is 0 Å². The molecule has 1 aliphatic heterocycles. The first-order valence-corrected chi connectivity index (χ1v) is 12.4. The van der Waals surface area contributed by atoms with Crippen molar-refractivity contribution in [3.05, 3.63) is 95.4 Å². The molecule has 0 N–H and O–H groups in total. The predicted octanol–water partition coefficient (Wildman–Crippen LogP) is 5.55. The van der Waals surface area contributed by atoms with Crippen molar-refractivity contribution in [2.24, 2.45) is 0 Å². The van der Waals surface area contributed by atoms with Crippen LogP contribution in [-0.2, 0) is 17.9 Å². The van der Waals surface area contributed by atoms with Crippen molar-refractivity contribution in [2.45, 2.75) is 39.9 Å². The van der Waals surface area contributed by atoms with Gasteiger partial charge in [-0.05, 0) is 67.4 Å². The average Bonchev–Trinajstić information content (AvgIpc) is 3.54. The largest absolute Gasteiger partial charge is 0.464 e. The first-order chi connectivity index (χ1) is 17.9. The number of aryl methyl sites for hydroxylation is 1. The van der Waals surface area contributed by atoms with Crippen LogP contribution in [0.15, 0.2) is 77.2 Å². The van der Waals surface area contributed by atoms with Crippen LogP contribution in [0, 0.1) is 6.92 Å². The Balaban J connectivity index is 1.41. The Hall–Kier alpha value is -4.26. The van der Waals surface area contributed by atoms with Crippen molar-refractivity contribution < 1.29 is 23.5 Å². The van der Waals surface area contributed by atoms with Gasteiger partial charge in [0, 0.05) is 18.2 Å². The van der Waals surface area contributed by atoms with Gasteiger partial charge in [0.1, 0.15) is 18.1 Å². The summed E-state index contributed by atoms with van der Waals surface area (Å²) in [5, 5.41) is 1.86. The molecule has 190 valence electrons. The zero-order chi connectivity index (χ0) is 25.9. The molecule has 7 heteroatoms. The van der Waals surface area contributed by atoms with Crippen molar-refractivity contribution in [3.8, 4) is 11.5 Å². The van der Waals surface area contributed by atoms with E-state index >= 15 is 0 Å². The molecule has 0 bridgehead atoms. The van der Waals surface area contributed by atoms with Crippen molar-refractivity contribution in [1.29, 1.82) is 0 Å². The second kappa shape index (κ2) is 10.4. The first-order valence-electron chi connectivity index (χ1n) is 12.4. The summed E-state index contributed by atoms with van der Waals surface area (Å²) >= 11 is 0. The smallest absolute Gasteiger partial charge is 0.255 e. The van der Waals surface area contributed by atoms with Gasteiger partial charge >= 0.3 is 0 Å². The number of ether oxygens (including phenoxy) is 2. The molecule has 37 heavy (non-hydrogen) atoms. The van der Waals surface area contributed by atoms with Gasteiger partial charge in [-0.3, -0.25) is 9.59 Å². The number of carbonyl (C=O) groups excluding carboxylic acids is 2. The molecule has 0 unspecified atom stereocenters. The second-order valence-corrected chi connectivity index (χ2v) is 9.50. The number of furan rings is 1. The molecule has 2 heterocycles. The molecular formula is C30H30N2O5. The number of fused-ring (bicyclic) bond motifs is 2. The Morgan fingerprint density at radius 3 is 2.46 bits per heavy atom. The SMILES string of the molecule is Cc1ccc(CN(Cc2ccc3c(c2)OCO3)C(=O)CN(C(=O)c2cccc3ccccc23)C(C)C)o1. The van der Waals surface area contributed by atoms with Crippen LogP contribution < -0.4 is 9.47 Å². The van der Waals surface area contributed by atoms with Gasteiger partial charge in [0.25, 0.3) is 5.91 Å². The maximum atomic E-state index is 13.7. The average molecular weight is 499 g/mol. The third-order valence-electron chi connectivity index (χ3n) is 6.52. The molecule has 4 aromatic rings. The zero-order valence-electron chi connectivity index (χ0n) is 21.3. The highest BCUT2D eigenvalue weighted by Crippen LogP contribution is 2.33. The maximum Gasteiger partial charge on any atom is 0.255 e. The zero-order valence-corrected chi connectivity index (χ0v) is 21.3. The van der Waals surface area contributed by atoms with Crippen molar-refractivity contribution >= 4 is 22.6 Å². The van der Waals surface area contributed by atoms with E-state index in [0.717, 1.165) is 22.1 Å². The first kappa shape index (κ1) is 24.4. The van der Waals surface area contributed by atoms with Crippen LogP contribution in [0.4, 0.5) is 0 Å². The molecule has 0 saturated carbocycles. The summed E-state index contributed by atoms with van der Waals surface area (Å²) in [5.41, 5.74) is 1.49. The minimum absolute atomic E-state index is 0.0516. The number of benzene rings is 3. The second-order valence-electron chi connectivity index (χ2n) is 9.50. The fourth-order valence-electron chi connectivity index (χ4n) is 4.55. The van der Waals surface area contributed by atoms with Crippen LogP contribution in [-0.4, -0.2) is 41.0 Å². The molecule has 1 aliphatic rings. The Morgan fingerprint density at radius 1 is 0.892 bits per heavy atom. The van der Waals surface area contributed by atoms with Crippen molar-refractivity contribution in [3.63, 3.8) is 0 Å². The lowest BCUT2D eigenvalue weighted by atomic mass is 10.0. The third-order valence-corrected chi connectivity index (χ3v) is 6.52. The van der Waals surface area contributed by atoms with Gasteiger partial charge in [-0.25, -0.2) is 0 Å². The van der Waals surface area contributed by atoms with E-state index in [2.05, 4.69) is 0 Å². The molecule has 0 radical (unpaired) electrons. The van der Waals surface area contributed by atoms with Crippen LogP contribution in [0.1, 0.15) is 41.3 Å². The molecule has 2 amide bonds. The highest BCUT2D eigenvalue weighted by atomic mass is 16.7. The molecule has 0 saturated heterocycles. The Morgan fingerprint density at radius 2 is 1.68 bits per heavy atom. The fraction of sp³-hybridized carbons (Fsp3) is 0.267. The maximum absolute atomic E-state index is 13.7. The summed E-state index contributed by atoms with van der Waals surface area (Å²) in [4.78, 5) is 30.8. The number of nitrogens with zero attached hydrogens (tertiary/aromatic N) is 2. The molecule has 0 spiro atoms. The van der Waals surface area contributed by atoms with E-state index in [1.54, 1.807) is 9.80 Å². The van der Waals surface area contributed by atoms with Crippen molar-refractivity contribution in [2.75, 3.05) is 13.3 Å². The van der Waals surface area contributed by atoms with E-state index in [9.17, 15) is 9.59 Å². The van der Waals surface area contributed by atoms with Crippen LogP contribution >= 0.6 is 0 Å². The number of carbonyl (C=O) groups is 2. The minimum atomic E-state index is -0.173. The van der Waals surface area contributed by atoms with E-state index < -0.39 is 0 Å². The van der Waals surface area contributed by atoms with E-state index in [4.69, 9.17) is 13.9 Å². The Kier molecular flexibility index (Phi) is 6.86. The Bertz CT molecular complexity index is 1440. The standard InChI is InChI=1S/C30H30N2O5/c1-20(2)32(30(34)26-10-6-8-23-7-4-5-9-25(23)26)18-29(33)31(17-24-13-11-21(3)37-24)16-22-12-14-27-28(15-22)36-19-35-27/h4-15,20H,16-19H2,1-3H3. The molecule has 0 fully saturated rings. The quantitative estimate of drug-likeness (QED) is 0.319. The van der Waals surface area contributed by atoms with Gasteiger partial charge in [-0.1, -0.05) is 42.5 Å². The van der Waals surface area contributed by atoms with E-state index in [1.807, 2.05) is 93.6 Å². The van der Waals surface area contributed by atoms with Crippen molar-refractivity contribution in [1.82, 2.24) is 9.80 Å². The lowest BCUT2D eigenvalue weighted by Crippen LogP contribution is -2.45. The monoisotopic (exact) mass is 498 g/mol. The van der Waals surface area contributed by atoms with Gasteiger partial charge < -0.3 is 23.7 Å². The summed E-state index contributed by atoms with van der Waals surface area (Å²) in [6, 6.07) is 22.7. The highest BCUT2D eigenvalue weighted by molar-refractivity contribution is 6.07. The summed E-state index contributed by atoms with van der Waals surface area (Å²) in [6.45, 7) is 6.48. The van der Waals surface area contributed by atoms with Gasteiger partial charge in [0.2, 0.25) is 12.7 Å². The number of hydrogen-bond donors (Lipinski definition) is 0. The molecule has 0 aliphatic carbocycles. The summed E-state index contributed by atoms with van der Waals surface area (Å²) < 4.78 is 16.7. The lowest BCUT2D eigenvalue weighted by molar-refractivity contribution is -0.133. The fourth-order valence-corrected chi connectivity index (χ4v) is 4.55. The van der Waals surface area contributed by atoms with E-state index in [-0.39, 0.29) is 37.7 Å². The molecule has 3 aromatic carbocycles. The summed E-state index contributed by atoms with van der Waals surface area (Å²) in [6.07, 6.45) is 0. The number of amides is 2. The van der Waals surface area contributed by atoms with Gasteiger partial charge in [0.05, 0.1) is 6.54 Å². The summed E-state index contributed by atoms with van der Waals surface area (Å²) in [7, 11) is 0. The minimum Gasteiger partial charge on any atom is -0.464 e. The predicted molar refractivity (Wildman–Crippen MR) is 140 cm³/mol. The molecule has 0 atom stereocenters. The van der Waals surface area contributed by atoms with Crippen LogP contribution in [0.3, 0.4) is 0 Å². The third kappa shape index (κ3) is 5.31. The van der Waals surface area contributed by atoms with Crippen LogP contribution in [0.5, 0.6) is 11.5 Å². The molecule has 1 aromatic heterocycles. The van der Waals surface area contributed by atoms with Gasteiger partial charge in [-0.15, -0.1) is 0 Å². The number of rotatable bonds is 8. The van der Waals surface area contributed by atoms with Crippen LogP contribution in [0.2, 0.25) is 0 Å². The normalized spacial score (nSPS) is 12.2. The van der Waals surface area contributed by atoms with E-state index in [0.29, 0.717) is 29.4 Å². The van der Waals surface area contributed by atoms with Crippen LogP contribution in [0.25, 0.3) is 10.8 Å². The topological polar surface area (TPSA) is 72.2 Å². The lowest BCUT2D eigenvalue weighted by Gasteiger charge is -2.30.